The van der Waals surface area contributed by atoms with E-state index in [1.807, 2.05) is 31.2 Å². The molecule has 7 heteroatoms. The quantitative estimate of drug-likeness (QED) is 0.456. The normalized spacial score (nSPS) is 11.4. The Balaban J connectivity index is 1.73. The van der Waals surface area contributed by atoms with Crippen molar-refractivity contribution >= 4 is 0 Å². The molecule has 0 aliphatic carbocycles. The lowest BCUT2D eigenvalue weighted by Gasteiger charge is -2.10. The van der Waals surface area contributed by atoms with Gasteiger partial charge in [0.05, 0.1) is 11.3 Å². The van der Waals surface area contributed by atoms with E-state index in [0.29, 0.717) is 17.1 Å². The van der Waals surface area contributed by atoms with Gasteiger partial charge >= 0.3 is 6.18 Å². The molecule has 29 heavy (non-hydrogen) atoms. The van der Waals surface area contributed by atoms with Gasteiger partial charge in [-0.1, -0.05) is 30.3 Å². The number of halogens is 3. The topological polar surface area (TPSA) is 51.6 Å². The molecule has 4 nitrogen and oxygen atoms in total. The summed E-state index contributed by atoms with van der Waals surface area (Å²) in [4.78, 5) is 17.1. The van der Waals surface area contributed by atoms with Crippen LogP contribution in [0.1, 0.15) is 11.3 Å². The second-order valence-corrected chi connectivity index (χ2v) is 6.50. The lowest BCUT2D eigenvalue weighted by atomic mass is 10.0. The number of hydrogen-bond acceptors (Lipinski definition) is 4. The lowest BCUT2D eigenvalue weighted by molar-refractivity contribution is -0.137. The van der Waals surface area contributed by atoms with Crippen molar-refractivity contribution in [2.75, 3.05) is 0 Å². The van der Waals surface area contributed by atoms with Crippen molar-refractivity contribution in [2.24, 2.45) is 0 Å². The zero-order valence-electron chi connectivity index (χ0n) is 15.4. The van der Waals surface area contributed by atoms with E-state index in [9.17, 15) is 13.2 Å². The number of nitrogens with zero attached hydrogens (tertiary/aromatic N) is 4. The first-order valence-corrected chi connectivity index (χ1v) is 8.79. The minimum Gasteiger partial charge on any atom is -0.244 e. The van der Waals surface area contributed by atoms with E-state index in [1.54, 1.807) is 18.5 Å². The lowest BCUT2D eigenvalue weighted by Crippen LogP contribution is -2.04. The molecule has 0 unspecified atom stereocenters. The van der Waals surface area contributed by atoms with E-state index in [-0.39, 0.29) is 0 Å². The zero-order valence-corrected chi connectivity index (χ0v) is 15.4. The Labute approximate surface area is 165 Å². The molecular formula is C22H15F3N4. The number of hydrogen-bond donors (Lipinski definition) is 0. The van der Waals surface area contributed by atoms with E-state index in [1.165, 1.54) is 18.5 Å². The largest absolute Gasteiger partial charge is 0.416 e. The number of aromatic nitrogens is 4. The minimum absolute atomic E-state index is 0.499. The molecule has 4 rings (SSSR count). The van der Waals surface area contributed by atoms with Gasteiger partial charge in [0.2, 0.25) is 0 Å². The van der Waals surface area contributed by atoms with Gasteiger partial charge in [-0.05, 0) is 36.8 Å². The molecule has 144 valence electrons. The fourth-order valence-corrected chi connectivity index (χ4v) is 2.96. The van der Waals surface area contributed by atoms with Crippen LogP contribution in [0, 0.1) is 6.92 Å². The molecule has 0 amide bonds. The predicted molar refractivity (Wildman–Crippen MR) is 104 cm³/mol. The van der Waals surface area contributed by atoms with Gasteiger partial charge in [0.25, 0.3) is 0 Å². The number of aryl methyl sites for hydroxylation is 1. The summed E-state index contributed by atoms with van der Waals surface area (Å²) in [5.41, 5.74) is 3.77. The summed E-state index contributed by atoms with van der Waals surface area (Å²) in [5.74, 6) is 0.499. The fourth-order valence-electron chi connectivity index (χ4n) is 2.96. The molecule has 0 atom stereocenters. The van der Waals surface area contributed by atoms with Crippen molar-refractivity contribution in [3.05, 3.63) is 84.6 Å². The molecule has 2 aromatic heterocycles. The standard InChI is InChI=1S/C22H15F3N4/c1-14-9-20(15-5-7-19(8-6-15)22(23,24)25)29-21(28-14)17-4-2-3-16(10-17)18-11-26-13-27-12-18/h2-13H,1H3. The molecule has 0 saturated carbocycles. The Bertz CT molecular complexity index is 1140. The van der Waals surface area contributed by atoms with Crippen molar-refractivity contribution in [3.63, 3.8) is 0 Å². The molecule has 0 aliphatic rings. The Hall–Kier alpha value is -3.61. The van der Waals surface area contributed by atoms with Crippen LogP contribution in [0.4, 0.5) is 13.2 Å². The van der Waals surface area contributed by atoms with E-state index >= 15 is 0 Å². The SMILES string of the molecule is Cc1cc(-c2ccc(C(F)(F)F)cc2)nc(-c2cccc(-c3cncnc3)c2)n1. The molecule has 0 bridgehead atoms. The molecule has 0 N–H and O–H groups in total. The van der Waals surface area contributed by atoms with Crippen LogP contribution in [-0.4, -0.2) is 19.9 Å². The summed E-state index contributed by atoms with van der Waals surface area (Å²) in [7, 11) is 0. The van der Waals surface area contributed by atoms with Crippen LogP contribution in [0.5, 0.6) is 0 Å². The maximum atomic E-state index is 12.8. The average Bonchev–Trinajstić information content (AvgIpc) is 2.73. The van der Waals surface area contributed by atoms with Crippen LogP contribution >= 0.6 is 0 Å². The van der Waals surface area contributed by atoms with Gasteiger partial charge in [-0.15, -0.1) is 0 Å². The average molecular weight is 392 g/mol. The van der Waals surface area contributed by atoms with Gasteiger partial charge < -0.3 is 0 Å². The molecule has 2 aromatic carbocycles. The monoisotopic (exact) mass is 392 g/mol. The summed E-state index contributed by atoms with van der Waals surface area (Å²) < 4.78 is 38.4. The second kappa shape index (κ2) is 7.43. The summed E-state index contributed by atoms with van der Waals surface area (Å²) >= 11 is 0. The molecule has 4 aromatic rings. The van der Waals surface area contributed by atoms with Gasteiger partial charge in [-0.2, -0.15) is 13.2 Å². The van der Waals surface area contributed by atoms with E-state index in [2.05, 4.69) is 19.9 Å². The van der Waals surface area contributed by atoms with Gasteiger partial charge in [-0.25, -0.2) is 19.9 Å². The van der Waals surface area contributed by atoms with Gasteiger partial charge in [0.15, 0.2) is 5.82 Å². The first kappa shape index (κ1) is 18.7. The van der Waals surface area contributed by atoms with Crippen LogP contribution < -0.4 is 0 Å². The molecule has 0 spiro atoms. The summed E-state index contributed by atoms with van der Waals surface area (Å²) in [5, 5.41) is 0. The van der Waals surface area contributed by atoms with Crippen LogP contribution in [0.25, 0.3) is 33.8 Å². The Morgan fingerprint density at radius 1 is 0.724 bits per heavy atom. The van der Waals surface area contributed by atoms with Crippen LogP contribution in [-0.2, 0) is 6.18 Å². The highest BCUT2D eigenvalue weighted by atomic mass is 19.4. The predicted octanol–water partition coefficient (Wildman–Crippen LogP) is 5.59. The van der Waals surface area contributed by atoms with E-state index in [0.717, 1.165) is 34.5 Å². The van der Waals surface area contributed by atoms with Crippen LogP contribution in [0.15, 0.2) is 73.3 Å². The third-order valence-electron chi connectivity index (χ3n) is 4.38. The smallest absolute Gasteiger partial charge is 0.244 e. The maximum absolute atomic E-state index is 12.8. The number of alkyl halides is 3. The third-order valence-corrected chi connectivity index (χ3v) is 4.38. The fraction of sp³-hybridized carbons (Fsp3) is 0.0909. The molecule has 2 heterocycles. The summed E-state index contributed by atoms with van der Waals surface area (Å²) in [6.45, 7) is 1.83. The van der Waals surface area contributed by atoms with E-state index < -0.39 is 11.7 Å². The van der Waals surface area contributed by atoms with Crippen molar-refractivity contribution in [1.29, 1.82) is 0 Å². The summed E-state index contributed by atoms with van der Waals surface area (Å²) in [6.07, 6.45) is 0.536. The number of rotatable bonds is 3. The third kappa shape index (κ3) is 4.13. The highest BCUT2D eigenvalue weighted by Crippen LogP contribution is 2.31. The summed E-state index contributed by atoms with van der Waals surface area (Å²) in [6, 6.07) is 14.4. The maximum Gasteiger partial charge on any atom is 0.416 e. The molecule has 0 saturated heterocycles. The minimum atomic E-state index is -4.37. The van der Waals surface area contributed by atoms with Crippen LogP contribution in [0.3, 0.4) is 0 Å². The molecule has 0 radical (unpaired) electrons. The number of benzene rings is 2. The first-order valence-electron chi connectivity index (χ1n) is 8.79. The molecule has 0 aliphatic heterocycles. The Morgan fingerprint density at radius 2 is 1.41 bits per heavy atom. The molecular weight excluding hydrogens is 377 g/mol. The van der Waals surface area contributed by atoms with Gasteiger partial charge in [0, 0.05) is 34.8 Å². The van der Waals surface area contributed by atoms with Crippen molar-refractivity contribution in [3.8, 4) is 33.8 Å². The van der Waals surface area contributed by atoms with Gasteiger partial charge in [-0.3, -0.25) is 0 Å². The zero-order chi connectivity index (χ0) is 20.4. The van der Waals surface area contributed by atoms with Crippen molar-refractivity contribution in [1.82, 2.24) is 19.9 Å². The highest BCUT2D eigenvalue weighted by molar-refractivity contribution is 5.70. The Morgan fingerprint density at radius 3 is 2.10 bits per heavy atom. The first-order chi connectivity index (χ1) is 13.9. The second-order valence-electron chi connectivity index (χ2n) is 6.50. The Kier molecular flexibility index (Phi) is 4.80. The van der Waals surface area contributed by atoms with Crippen molar-refractivity contribution < 1.29 is 13.2 Å². The van der Waals surface area contributed by atoms with E-state index in [4.69, 9.17) is 0 Å². The highest BCUT2D eigenvalue weighted by Gasteiger charge is 2.30. The van der Waals surface area contributed by atoms with Gasteiger partial charge in [0.1, 0.15) is 6.33 Å². The van der Waals surface area contributed by atoms with Crippen molar-refractivity contribution in [2.45, 2.75) is 13.1 Å². The van der Waals surface area contributed by atoms with Crippen LogP contribution in [0.2, 0.25) is 0 Å². The molecule has 0 fully saturated rings.